The molecule has 1 N–H and O–H groups in total. The molecule has 1 aromatic heterocycles. The predicted molar refractivity (Wildman–Crippen MR) is 92.5 cm³/mol. The first-order chi connectivity index (χ1) is 11.2. The van der Waals surface area contributed by atoms with Gasteiger partial charge in [-0.05, 0) is 25.8 Å². The molecule has 2 aromatic carbocycles. The van der Waals surface area contributed by atoms with E-state index in [9.17, 15) is 4.79 Å². The minimum absolute atomic E-state index is 0.0746. The maximum absolute atomic E-state index is 12.6. The van der Waals surface area contributed by atoms with Crippen molar-refractivity contribution in [1.29, 1.82) is 0 Å². The molecule has 0 spiro atoms. The largest absolute Gasteiger partial charge is 0.396 e. The van der Waals surface area contributed by atoms with Gasteiger partial charge in [0.15, 0.2) is 0 Å². The first-order valence-corrected chi connectivity index (χ1v) is 7.88. The summed E-state index contributed by atoms with van der Waals surface area (Å²) in [6.07, 6.45) is 1.40. The van der Waals surface area contributed by atoms with Crippen LogP contribution >= 0.6 is 0 Å². The number of aromatic nitrogens is 2. The van der Waals surface area contributed by atoms with Gasteiger partial charge in [-0.3, -0.25) is 4.79 Å². The van der Waals surface area contributed by atoms with Crippen molar-refractivity contribution in [1.82, 2.24) is 9.78 Å². The Kier molecular flexibility index (Phi) is 4.53. The molecule has 0 atom stereocenters. The number of hydrogen-bond donors (Lipinski definition) is 1. The van der Waals surface area contributed by atoms with E-state index in [1.54, 1.807) is 0 Å². The zero-order valence-electron chi connectivity index (χ0n) is 13.2. The highest BCUT2D eigenvalue weighted by Gasteiger charge is 2.11. The van der Waals surface area contributed by atoms with E-state index in [4.69, 9.17) is 5.11 Å². The van der Waals surface area contributed by atoms with Crippen molar-refractivity contribution >= 4 is 10.8 Å². The van der Waals surface area contributed by atoms with Crippen LogP contribution in [0.5, 0.6) is 0 Å². The summed E-state index contributed by atoms with van der Waals surface area (Å²) in [6, 6.07) is 15.8. The second kappa shape index (κ2) is 6.75. The summed E-state index contributed by atoms with van der Waals surface area (Å²) in [5.41, 5.74) is 2.94. The minimum Gasteiger partial charge on any atom is -0.396 e. The molecule has 23 heavy (non-hydrogen) atoms. The van der Waals surface area contributed by atoms with Crippen molar-refractivity contribution in [2.75, 3.05) is 6.61 Å². The number of unbranched alkanes of at least 4 members (excludes halogenated alkanes) is 1. The maximum Gasteiger partial charge on any atom is 0.274 e. The van der Waals surface area contributed by atoms with Crippen molar-refractivity contribution in [3.8, 4) is 11.3 Å². The summed E-state index contributed by atoms with van der Waals surface area (Å²) in [5.74, 6) is 0. The fraction of sp³-hybridized carbons (Fsp3) is 0.263. The molecule has 0 unspecified atom stereocenters. The third-order valence-corrected chi connectivity index (χ3v) is 3.97. The van der Waals surface area contributed by atoms with E-state index in [2.05, 4.69) is 5.10 Å². The average molecular weight is 308 g/mol. The summed E-state index contributed by atoms with van der Waals surface area (Å²) in [5, 5.41) is 15.1. The lowest BCUT2D eigenvalue weighted by atomic mass is 10.0. The Morgan fingerprint density at radius 3 is 2.39 bits per heavy atom. The number of benzene rings is 2. The van der Waals surface area contributed by atoms with Crippen LogP contribution in [-0.2, 0) is 6.54 Å². The van der Waals surface area contributed by atoms with Crippen LogP contribution < -0.4 is 5.56 Å². The molecule has 1 heterocycles. The van der Waals surface area contributed by atoms with E-state index >= 15 is 0 Å². The Morgan fingerprint density at radius 2 is 1.70 bits per heavy atom. The van der Waals surface area contributed by atoms with Crippen molar-refractivity contribution in [2.24, 2.45) is 0 Å². The zero-order valence-corrected chi connectivity index (χ0v) is 13.2. The summed E-state index contributed by atoms with van der Waals surface area (Å²) in [4.78, 5) is 12.6. The van der Waals surface area contributed by atoms with Gasteiger partial charge in [0, 0.05) is 24.1 Å². The third-order valence-electron chi connectivity index (χ3n) is 3.97. The molecule has 118 valence electrons. The lowest BCUT2D eigenvalue weighted by Gasteiger charge is -2.11. The Bertz CT molecular complexity index is 867. The van der Waals surface area contributed by atoms with Crippen LogP contribution in [0.25, 0.3) is 22.0 Å². The highest BCUT2D eigenvalue weighted by atomic mass is 16.2. The monoisotopic (exact) mass is 308 g/mol. The number of rotatable bonds is 5. The SMILES string of the molecule is Cc1ccc(-c2nn(CCCCO)c(=O)c3ccccc23)cc1. The third kappa shape index (κ3) is 3.17. The van der Waals surface area contributed by atoms with E-state index in [0.717, 1.165) is 23.1 Å². The van der Waals surface area contributed by atoms with Crippen LogP contribution in [0, 0.1) is 6.92 Å². The summed E-state index contributed by atoms with van der Waals surface area (Å²) >= 11 is 0. The number of aliphatic hydroxyl groups is 1. The van der Waals surface area contributed by atoms with Gasteiger partial charge in [-0.25, -0.2) is 4.68 Å². The van der Waals surface area contributed by atoms with E-state index in [1.165, 1.54) is 10.2 Å². The lowest BCUT2D eigenvalue weighted by molar-refractivity contribution is 0.279. The maximum atomic E-state index is 12.6. The van der Waals surface area contributed by atoms with Crippen LogP contribution in [0.2, 0.25) is 0 Å². The van der Waals surface area contributed by atoms with Crippen molar-refractivity contribution in [2.45, 2.75) is 26.3 Å². The van der Waals surface area contributed by atoms with Crippen molar-refractivity contribution < 1.29 is 5.11 Å². The molecule has 4 nitrogen and oxygen atoms in total. The van der Waals surface area contributed by atoms with Gasteiger partial charge in [0.2, 0.25) is 0 Å². The molecular weight excluding hydrogens is 288 g/mol. The first kappa shape index (κ1) is 15.4. The number of nitrogens with zero attached hydrogens (tertiary/aromatic N) is 2. The predicted octanol–water partition coefficient (Wildman–Crippen LogP) is 3.14. The average Bonchev–Trinajstić information content (AvgIpc) is 2.58. The first-order valence-electron chi connectivity index (χ1n) is 7.88. The van der Waals surface area contributed by atoms with Crippen molar-refractivity contribution in [3.05, 3.63) is 64.4 Å². The Labute approximate surface area is 135 Å². The molecule has 0 bridgehead atoms. The second-order valence-corrected chi connectivity index (χ2v) is 5.72. The summed E-state index contributed by atoms with van der Waals surface area (Å²) in [6.45, 7) is 2.70. The molecule has 0 aliphatic rings. The van der Waals surface area contributed by atoms with Gasteiger partial charge in [0.05, 0.1) is 11.1 Å². The molecule has 0 radical (unpaired) electrons. The van der Waals surface area contributed by atoms with Gasteiger partial charge >= 0.3 is 0 Å². The smallest absolute Gasteiger partial charge is 0.274 e. The molecule has 0 aliphatic carbocycles. The molecule has 3 aromatic rings. The van der Waals surface area contributed by atoms with Gasteiger partial charge in [-0.1, -0.05) is 48.0 Å². The quantitative estimate of drug-likeness (QED) is 0.737. The topological polar surface area (TPSA) is 55.1 Å². The van der Waals surface area contributed by atoms with E-state index in [1.807, 2.05) is 55.5 Å². The molecule has 0 amide bonds. The second-order valence-electron chi connectivity index (χ2n) is 5.72. The number of aryl methyl sites for hydroxylation is 2. The normalized spacial score (nSPS) is 11.0. The molecule has 3 rings (SSSR count). The van der Waals surface area contributed by atoms with Crippen LogP contribution in [0.3, 0.4) is 0 Å². The Morgan fingerprint density at radius 1 is 1.00 bits per heavy atom. The fourth-order valence-electron chi connectivity index (χ4n) is 2.68. The molecule has 0 saturated carbocycles. The highest BCUT2D eigenvalue weighted by Crippen LogP contribution is 2.24. The van der Waals surface area contributed by atoms with Crippen molar-refractivity contribution in [3.63, 3.8) is 0 Å². The summed E-state index contributed by atoms with van der Waals surface area (Å²) < 4.78 is 1.52. The van der Waals surface area contributed by atoms with Gasteiger partial charge in [0.1, 0.15) is 0 Å². The number of aliphatic hydroxyl groups excluding tert-OH is 1. The molecule has 0 fully saturated rings. The van der Waals surface area contributed by atoms with Crippen LogP contribution in [0.4, 0.5) is 0 Å². The molecular formula is C19H20N2O2. The highest BCUT2D eigenvalue weighted by molar-refractivity contribution is 5.93. The van der Waals surface area contributed by atoms with Gasteiger partial charge in [-0.2, -0.15) is 5.10 Å². The van der Waals surface area contributed by atoms with Gasteiger partial charge in [0.25, 0.3) is 5.56 Å². The fourth-order valence-corrected chi connectivity index (χ4v) is 2.68. The van der Waals surface area contributed by atoms with E-state index in [0.29, 0.717) is 18.4 Å². The number of fused-ring (bicyclic) bond motifs is 1. The minimum atomic E-state index is -0.0746. The standard InChI is InChI=1S/C19H20N2O2/c1-14-8-10-15(11-9-14)18-16-6-2-3-7-17(16)19(23)21(20-18)12-4-5-13-22/h2-3,6-11,22H,4-5,12-13H2,1H3. The lowest BCUT2D eigenvalue weighted by Crippen LogP contribution is -2.24. The van der Waals surface area contributed by atoms with Gasteiger partial charge < -0.3 is 5.11 Å². The van der Waals surface area contributed by atoms with Crippen LogP contribution in [-0.4, -0.2) is 21.5 Å². The van der Waals surface area contributed by atoms with Crippen LogP contribution in [0.1, 0.15) is 18.4 Å². The van der Waals surface area contributed by atoms with E-state index in [-0.39, 0.29) is 12.2 Å². The zero-order chi connectivity index (χ0) is 16.2. The summed E-state index contributed by atoms with van der Waals surface area (Å²) in [7, 11) is 0. The molecule has 0 saturated heterocycles. The van der Waals surface area contributed by atoms with Crippen LogP contribution in [0.15, 0.2) is 53.3 Å². The molecule has 4 heteroatoms. The number of hydrogen-bond acceptors (Lipinski definition) is 3. The Balaban J connectivity index is 2.17. The molecule has 0 aliphatic heterocycles. The van der Waals surface area contributed by atoms with Gasteiger partial charge in [-0.15, -0.1) is 0 Å². The van der Waals surface area contributed by atoms with E-state index < -0.39 is 0 Å². The Hall–Kier alpha value is -2.46.